The number of anilines is 1. The number of hydrogen-bond acceptors (Lipinski definition) is 4. The van der Waals surface area contributed by atoms with Crippen molar-refractivity contribution in [3.8, 4) is 5.75 Å². The van der Waals surface area contributed by atoms with E-state index in [0.29, 0.717) is 35.3 Å². The van der Waals surface area contributed by atoms with Crippen molar-refractivity contribution in [1.82, 2.24) is 0 Å². The molecule has 0 radical (unpaired) electrons. The van der Waals surface area contributed by atoms with E-state index in [2.05, 4.69) is 29.8 Å². The molecule has 0 fully saturated rings. The molecule has 188 valence electrons. The third-order valence-corrected chi connectivity index (χ3v) is 7.59. The molecule has 0 saturated carbocycles. The highest BCUT2D eigenvalue weighted by atomic mass is 79.9. The summed E-state index contributed by atoms with van der Waals surface area (Å²) in [5.74, 6) is 0.324. The predicted molar refractivity (Wildman–Crippen MR) is 151 cm³/mol. The van der Waals surface area contributed by atoms with Gasteiger partial charge in [0.2, 0.25) is 0 Å². The number of nitrogens with one attached hydrogen (secondary N) is 1. The Morgan fingerprint density at radius 2 is 1.65 bits per heavy atom. The number of nitrogens with zero attached hydrogens (tertiary/aromatic N) is 1. The maximum absolute atomic E-state index is 13.9. The first-order valence-corrected chi connectivity index (χ1v) is 13.0. The lowest BCUT2D eigenvalue weighted by Crippen LogP contribution is -2.45. The molecule has 2 aliphatic rings. The molecule has 5 nitrogen and oxygen atoms in total. The second-order valence-electron chi connectivity index (χ2n) is 10.3. The van der Waals surface area contributed by atoms with Crippen molar-refractivity contribution in [3.63, 3.8) is 0 Å². The van der Waals surface area contributed by atoms with E-state index in [1.54, 1.807) is 7.11 Å². The van der Waals surface area contributed by atoms with Crippen LogP contribution in [0.2, 0.25) is 0 Å². The van der Waals surface area contributed by atoms with Crippen molar-refractivity contribution in [2.24, 2.45) is 5.41 Å². The predicted octanol–water partition coefficient (Wildman–Crippen LogP) is 7.65. The van der Waals surface area contributed by atoms with Gasteiger partial charge in [-0.1, -0.05) is 72.2 Å². The monoisotopic (exact) mass is 556 g/mol. The minimum atomic E-state index is -0.580. The normalized spacial score (nSPS) is 20.5. The van der Waals surface area contributed by atoms with Gasteiger partial charge in [0.05, 0.1) is 7.11 Å². The van der Waals surface area contributed by atoms with Crippen LogP contribution in [0.25, 0.3) is 5.76 Å². The number of carbonyl (C=O) groups is 1. The number of amidine groups is 1. The summed E-state index contributed by atoms with van der Waals surface area (Å²) in [7, 11) is 1.61. The molecule has 1 atom stereocenters. The van der Waals surface area contributed by atoms with Gasteiger partial charge >= 0.3 is 0 Å². The average Bonchev–Trinajstić information content (AvgIpc) is 2.88. The highest BCUT2D eigenvalue weighted by molar-refractivity contribution is 9.10. The van der Waals surface area contributed by atoms with Gasteiger partial charge in [0.1, 0.15) is 17.3 Å². The lowest BCUT2D eigenvalue weighted by molar-refractivity contribution is -0.118. The third kappa shape index (κ3) is 4.62. The quantitative estimate of drug-likeness (QED) is 0.323. The second kappa shape index (κ2) is 9.67. The summed E-state index contributed by atoms with van der Waals surface area (Å²) in [5, 5.41) is 21.2. The maximum atomic E-state index is 13.9. The standard InChI is InChI=1S/C31H29BrN2O3/c1-31(2)17-24-27(25(35)18-31)26(19-9-15-23(37-3)16-10-19)28(29(36)20-7-5-4-6-8-20)30(33)34(24)22-13-11-21(32)12-14-22/h4-16,26,33,36H,17-18H2,1-3H3/t26-/m1/s1. The molecule has 1 aliphatic heterocycles. The van der Waals surface area contributed by atoms with Crippen LogP contribution in [0.3, 0.4) is 0 Å². The first-order valence-electron chi connectivity index (χ1n) is 12.2. The van der Waals surface area contributed by atoms with Crippen molar-refractivity contribution in [2.45, 2.75) is 32.6 Å². The molecule has 3 aromatic rings. The number of ether oxygens (including phenoxy) is 1. The number of benzene rings is 3. The number of ketones is 1. The van der Waals surface area contributed by atoms with E-state index in [1.807, 2.05) is 83.8 Å². The van der Waals surface area contributed by atoms with Crippen LogP contribution in [-0.2, 0) is 4.79 Å². The third-order valence-electron chi connectivity index (χ3n) is 7.06. The SMILES string of the molecule is COc1ccc([C@H]2C(=C(O)c3ccccc3)C(=N)N(c3ccc(Br)cc3)C3=C2C(=O)CC(C)(C)C3)cc1. The molecule has 0 saturated heterocycles. The molecule has 37 heavy (non-hydrogen) atoms. The number of hydrogen-bond donors (Lipinski definition) is 2. The first kappa shape index (κ1) is 25.0. The highest BCUT2D eigenvalue weighted by Gasteiger charge is 2.46. The topological polar surface area (TPSA) is 73.6 Å². The van der Waals surface area contributed by atoms with Crippen LogP contribution in [0.15, 0.2) is 100 Å². The van der Waals surface area contributed by atoms with E-state index in [9.17, 15) is 15.3 Å². The fourth-order valence-corrected chi connectivity index (χ4v) is 5.63. The Balaban J connectivity index is 1.83. The van der Waals surface area contributed by atoms with Gasteiger partial charge < -0.3 is 9.84 Å². The summed E-state index contributed by atoms with van der Waals surface area (Å²) in [6.45, 7) is 4.18. The summed E-state index contributed by atoms with van der Waals surface area (Å²) < 4.78 is 6.29. The zero-order valence-electron chi connectivity index (χ0n) is 21.1. The van der Waals surface area contributed by atoms with Crippen LogP contribution in [0.4, 0.5) is 5.69 Å². The molecule has 5 rings (SSSR count). The Bertz CT molecular complexity index is 1420. The number of allylic oxidation sites excluding steroid dienone is 2. The molecule has 6 heteroatoms. The molecule has 1 heterocycles. The van der Waals surface area contributed by atoms with Crippen LogP contribution in [0, 0.1) is 10.8 Å². The smallest absolute Gasteiger partial charge is 0.162 e. The maximum Gasteiger partial charge on any atom is 0.162 e. The van der Waals surface area contributed by atoms with E-state index < -0.39 is 5.92 Å². The number of aliphatic hydroxyl groups is 1. The Kier molecular flexibility index (Phi) is 6.54. The molecular formula is C31H29BrN2O3. The molecule has 2 N–H and O–H groups in total. The first-order chi connectivity index (χ1) is 17.7. The van der Waals surface area contributed by atoms with Gasteiger partial charge in [-0.25, -0.2) is 0 Å². The Hall–Kier alpha value is -3.64. The van der Waals surface area contributed by atoms with Gasteiger partial charge in [-0.2, -0.15) is 0 Å². The van der Waals surface area contributed by atoms with Crippen molar-refractivity contribution in [2.75, 3.05) is 12.0 Å². The van der Waals surface area contributed by atoms with Crippen LogP contribution >= 0.6 is 15.9 Å². The van der Waals surface area contributed by atoms with Crippen LogP contribution in [0.5, 0.6) is 5.75 Å². The number of methoxy groups -OCH3 is 1. The van der Waals surface area contributed by atoms with Crippen LogP contribution < -0.4 is 9.64 Å². The van der Waals surface area contributed by atoms with Gasteiger partial charge in [-0.15, -0.1) is 0 Å². The number of Topliss-reactive ketones (excluding diaryl/α,β-unsaturated/α-hetero) is 1. The molecular weight excluding hydrogens is 528 g/mol. The molecule has 1 aliphatic carbocycles. The number of rotatable bonds is 4. The second-order valence-corrected chi connectivity index (χ2v) is 11.2. The summed E-state index contributed by atoms with van der Waals surface area (Å²) in [5.41, 5.74) is 3.82. The molecule has 0 amide bonds. The minimum absolute atomic E-state index is 0.00212. The van der Waals surface area contributed by atoms with Gasteiger partial charge in [0.15, 0.2) is 5.78 Å². The summed E-state index contributed by atoms with van der Waals surface area (Å²) in [6, 6.07) is 24.5. The molecule has 0 aromatic heterocycles. The van der Waals surface area contributed by atoms with E-state index >= 15 is 0 Å². The summed E-state index contributed by atoms with van der Waals surface area (Å²) in [6.07, 6.45) is 1.04. The van der Waals surface area contributed by atoms with Gasteiger partial charge in [-0.3, -0.25) is 15.1 Å². The Labute approximate surface area is 225 Å². The Morgan fingerprint density at radius 1 is 1.00 bits per heavy atom. The summed E-state index contributed by atoms with van der Waals surface area (Å²) in [4.78, 5) is 15.7. The highest BCUT2D eigenvalue weighted by Crippen LogP contribution is 2.51. The lowest BCUT2D eigenvalue weighted by Gasteiger charge is -2.45. The Morgan fingerprint density at radius 3 is 2.27 bits per heavy atom. The zero-order chi connectivity index (χ0) is 26.3. The lowest BCUT2D eigenvalue weighted by atomic mass is 9.67. The summed E-state index contributed by atoms with van der Waals surface area (Å²) >= 11 is 3.50. The van der Waals surface area contributed by atoms with Crippen molar-refractivity contribution in [3.05, 3.63) is 111 Å². The zero-order valence-corrected chi connectivity index (χ0v) is 22.7. The average molecular weight is 557 g/mol. The van der Waals surface area contributed by atoms with E-state index in [0.717, 1.165) is 21.4 Å². The fraction of sp³-hybridized carbons (Fsp3) is 0.226. The van der Waals surface area contributed by atoms with Crippen molar-refractivity contribution >= 4 is 39.0 Å². The van der Waals surface area contributed by atoms with Crippen LogP contribution in [0.1, 0.15) is 43.7 Å². The van der Waals surface area contributed by atoms with Gasteiger partial charge in [0, 0.05) is 44.9 Å². The van der Waals surface area contributed by atoms with Crippen LogP contribution in [-0.4, -0.2) is 23.8 Å². The van der Waals surface area contributed by atoms with Gasteiger partial charge in [0.25, 0.3) is 0 Å². The van der Waals surface area contributed by atoms with E-state index in [4.69, 9.17) is 4.74 Å². The molecule has 3 aromatic carbocycles. The van der Waals surface area contributed by atoms with Gasteiger partial charge in [-0.05, 0) is 53.8 Å². The van der Waals surface area contributed by atoms with E-state index in [1.165, 1.54) is 0 Å². The number of halogens is 1. The van der Waals surface area contributed by atoms with Crippen molar-refractivity contribution in [1.29, 1.82) is 5.41 Å². The largest absolute Gasteiger partial charge is 0.507 e. The fourth-order valence-electron chi connectivity index (χ4n) is 5.37. The number of carbonyl (C=O) groups excluding carboxylic acids is 1. The molecule has 0 bridgehead atoms. The molecule has 0 spiro atoms. The minimum Gasteiger partial charge on any atom is -0.507 e. The number of aliphatic hydroxyl groups excluding tert-OH is 1. The van der Waals surface area contributed by atoms with Crippen molar-refractivity contribution < 1.29 is 14.6 Å². The molecule has 0 unspecified atom stereocenters. The van der Waals surface area contributed by atoms with E-state index in [-0.39, 0.29) is 22.8 Å².